The first-order chi connectivity index (χ1) is 13.7. The van der Waals surface area contributed by atoms with Crippen LogP contribution < -0.4 is 15.0 Å². The fourth-order valence-corrected chi connectivity index (χ4v) is 3.19. The van der Waals surface area contributed by atoms with Gasteiger partial charge in [0.2, 0.25) is 0 Å². The van der Waals surface area contributed by atoms with Gasteiger partial charge in [-0.2, -0.15) is 0 Å². The molecule has 0 saturated carbocycles. The van der Waals surface area contributed by atoms with Gasteiger partial charge in [0.25, 0.3) is 11.8 Å². The van der Waals surface area contributed by atoms with Crippen molar-refractivity contribution in [3.05, 3.63) is 84.3 Å². The maximum atomic E-state index is 12.8. The lowest BCUT2D eigenvalue weighted by Gasteiger charge is -2.33. The van der Waals surface area contributed by atoms with Crippen LogP contribution in [0.3, 0.4) is 0 Å². The summed E-state index contributed by atoms with van der Waals surface area (Å²) in [6.45, 7) is 0.615. The molecule has 0 saturated heterocycles. The number of amides is 2. The van der Waals surface area contributed by atoms with E-state index < -0.39 is 6.10 Å². The Labute approximate surface area is 162 Å². The van der Waals surface area contributed by atoms with Crippen LogP contribution in [0.5, 0.6) is 5.75 Å². The molecule has 0 fully saturated rings. The minimum Gasteiger partial charge on any atom is -0.477 e. The Kier molecular flexibility index (Phi) is 5.10. The summed E-state index contributed by atoms with van der Waals surface area (Å²) >= 11 is 0. The highest BCUT2D eigenvalue weighted by Gasteiger charge is 2.34. The average Bonchev–Trinajstić information content (AvgIpc) is 3.28. The molecule has 0 bridgehead atoms. The van der Waals surface area contributed by atoms with Gasteiger partial charge in [-0.15, -0.1) is 0 Å². The fraction of sp³-hybridized carbons (Fsp3) is 0.182. The van der Waals surface area contributed by atoms with Crippen LogP contribution in [0.15, 0.2) is 77.4 Å². The van der Waals surface area contributed by atoms with Crippen molar-refractivity contribution in [3.8, 4) is 5.75 Å². The highest BCUT2D eigenvalue weighted by molar-refractivity contribution is 6.06. The van der Waals surface area contributed by atoms with E-state index in [1.54, 1.807) is 24.3 Å². The van der Waals surface area contributed by atoms with E-state index in [4.69, 9.17) is 9.15 Å². The molecule has 2 aromatic carbocycles. The van der Waals surface area contributed by atoms with Crippen molar-refractivity contribution in [3.63, 3.8) is 0 Å². The van der Waals surface area contributed by atoms with Crippen molar-refractivity contribution in [2.24, 2.45) is 0 Å². The Bertz CT molecular complexity index is 954. The second-order valence-electron chi connectivity index (χ2n) is 6.49. The van der Waals surface area contributed by atoms with Crippen molar-refractivity contribution in [2.75, 3.05) is 18.0 Å². The van der Waals surface area contributed by atoms with E-state index in [0.29, 0.717) is 18.0 Å². The van der Waals surface area contributed by atoms with Crippen LogP contribution in [0.2, 0.25) is 0 Å². The summed E-state index contributed by atoms with van der Waals surface area (Å²) in [5.41, 5.74) is 1.77. The number of fused-ring (bicyclic) bond motifs is 1. The van der Waals surface area contributed by atoms with Crippen LogP contribution >= 0.6 is 0 Å². The molecule has 0 aliphatic carbocycles. The zero-order valence-corrected chi connectivity index (χ0v) is 15.2. The Morgan fingerprint density at radius 3 is 2.57 bits per heavy atom. The van der Waals surface area contributed by atoms with Crippen LogP contribution in [0.4, 0.5) is 5.69 Å². The topological polar surface area (TPSA) is 71.8 Å². The van der Waals surface area contributed by atoms with Crippen LogP contribution in [0.25, 0.3) is 0 Å². The number of hydrogen-bond donors (Lipinski definition) is 1. The molecule has 0 radical (unpaired) electrons. The maximum Gasteiger partial charge on any atom is 0.294 e. The van der Waals surface area contributed by atoms with Gasteiger partial charge in [0, 0.05) is 6.54 Å². The number of benzene rings is 2. The normalized spacial score (nSPS) is 15.4. The monoisotopic (exact) mass is 376 g/mol. The van der Waals surface area contributed by atoms with Crippen molar-refractivity contribution in [1.29, 1.82) is 0 Å². The number of nitrogens with one attached hydrogen (secondary N) is 1. The highest BCUT2D eigenvalue weighted by Crippen LogP contribution is 2.34. The summed E-state index contributed by atoms with van der Waals surface area (Å²) in [6.07, 6.45) is 1.39. The minimum absolute atomic E-state index is 0.119. The number of carbonyl (C=O) groups is 2. The second kappa shape index (κ2) is 8.00. The third-order valence-corrected chi connectivity index (χ3v) is 4.60. The Hall–Kier alpha value is -3.54. The molecule has 6 heteroatoms. The number of nitrogens with zero attached hydrogens (tertiary/aromatic N) is 1. The van der Waals surface area contributed by atoms with Gasteiger partial charge in [-0.3, -0.25) is 14.5 Å². The minimum atomic E-state index is -0.787. The smallest absolute Gasteiger partial charge is 0.294 e. The number of ether oxygens (including phenoxy) is 1. The molecule has 3 aromatic rings. The molecule has 1 aliphatic heterocycles. The Morgan fingerprint density at radius 1 is 1.00 bits per heavy atom. The summed E-state index contributed by atoms with van der Waals surface area (Å²) in [5, 5.41) is 2.90. The molecule has 28 heavy (non-hydrogen) atoms. The first-order valence-electron chi connectivity index (χ1n) is 9.15. The van der Waals surface area contributed by atoms with E-state index in [2.05, 4.69) is 5.32 Å². The molecule has 1 N–H and O–H groups in total. The number of rotatable bonds is 5. The molecule has 2 heterocycles. The first kappa shape index (κ1) is 17.9. The maximum absolute atomic E-state index is 12.8. The number of anilines is 1. The molecule has 0 spiro atoms. The lowest BCUT2D eigenvalue weighted by atomic mass is 10.1. The molecule has 142 valence electrons. The van der Waals surface area contributed by atoms with E-state index in [1.807, 2.05) is 42.5 Å². The van der Waals surface area contributed by atoms with Gasteiger partial charge < -0.3 is 14.5 Å². The van der Waals surface area contributed by atoms with Gasteiger partial charge in [0.15, 0.2) is 11.9 Å². The van der Waals surface area contributed by atoms with Crippen LogP contribution in [-0.2, 0) is 11.2 Å². The van der Waals surface area contributed by atoms with Crippen molar-refractivity contribution < 1.29 is 18.7 Å². The van der Waals surface area contributed by atoms with Gasteiger partial charge >= 0.3 is 0 Å². The quantitative estimate of drug-likeness (QED) is 0.743. The molecule has 0 unspecified atom stereocenters. The van der Waals surface area contributed by atoms with E-state index in [9.17, 15) is 9.59 Å². The van der Waals surface area contributed by atoms with Gasteiger partial charge in [-0.05, 0) is 36.2 Å². The predicted molar refractivity (Wildman–Crippen MR) is 104 cm³/mol. The largest absolute Gasteiger partial charge is 0.477 e. The number of furan rings is 1. The first-order valence-corrected chi connectivity index (χ1v) is 9.15. The van der Waals surface area contributed by atoms with Crippen molar-refractivity contribution >= 4 is 17.5 Å². The highest BCUT2D eigenvalue weighted by atomic mass is 16.5. The lowest BCUT2D eigenvalue weighted by Crippen LogP contribution is -2.51. The molecular weight excluding hydrogens is 356 g/mol. The van der Waals surface area contributed by atoms with E-state index in [-0.39, 0.29) is 24.1 Å². The summed E-state index contributed by atoms with van der Waals surface area (Å²) in [5.74, 6) is 0.169. The predicted octanol–water partition coefficient (Wildman–Crippen LogP) is 3.05. The summed E-state index contributed by atoms with van der Waals surface area (Å²) in [7, 11) is 0. The second-order valence-corrected chi connectivity index (χ2v) is 6.49. The molecule has 1 aromatic heterocycles. The Balaban J connectivity index is 1.46. The zero-order valence-electron chi connectivity index (χ0n) is 15.2. The average molecular weight is 376 g/mol. The fourth-order valence-electron chi connectivity index (χ4n) is 3.19. The molecule has 1 atom stereocenters. The summed E-state index contributed by atoms with van der Waals surface area (Å²) in [4.78, 5) is 27.0. The van der Waals surface area contributed by atoms with Crippen molar-refractivity contribution in [2.45, 2.75) is 12.5 Å². The number of hydrogen-bond acceptors (Lipinski definition) is 4. The molecular formula is C22H20N2O4. The molecule has 1 aliphatic rings. The number of para-hydroxylation sites is 2. The SMILES string of the molecule is O=C(NCCc1ccccc1)[C@H]1CN(C(=O)c2ccco2)c2ccccc2O1. The zero-order chi connectivity index (χ0) is 19.3. The molecule has 6 nitrogen and oxygen atoms in total. The molecule has 4 rings (SSSR count). The summed E-state index contributed by atoms with van der Waals surface area (Å²) in [6, 6.07) is 20.4. The van der Waals surface area contributed by atoms with Gasteiger partial charge in [-0.1, -0.05) is 42.5 Å². The number of carbonyl (C=O) groups excluding carboxylic acids is 2. The van der Waals surface area contributed by atoms with Crippen LogP contribution in [-0.4, -0.2) is 31.0 Å². The van der Waals surface area contributed by atoms with Gasteiger partial charge in [0.1, 0.15) is 5.75 Å². The Morgan fingerprint density at radius 2 is 1.79 bits per heavy atom. The van der Waals surface area contributed by atoms with Crippen molar-refractivity contribution in [1.82, 2.24) is 5.32 Å². The van der Waals surface area contributed by atoms with E-state index in [0.717, 1.165) is 12.0 Å². The van der Waals surface area contributed by atoms with Crippen LogP contribution in [0, 0.1) is 0 Å². The van der Waals surface area contributed by atoms with Crippen LogP contribution in [0.1, 0.15) is 16.1 Å². The standard InChI is InChI=1S/C22H20N2O4/c25-21(23-13-12-16-7-2-1-3-8-16)20-15-24(22(26)19-11-6-14-27-19)17-9-4-5-10-18(17)28-20/h1-11,14,20H,12-13,15H2,(H,23,25)/t20-/m1/s1. The summed E-state index contributed by atoms with van der Waals surface area (Å²) < 4.78 is 11.1. The molecule has 2 amide bonds. The van der Waals surface area contributed by atoms with E-state index >= 15 is 0 Å². The third kappa shape index (κ3) is 3.76. The van der Waals surface area contributed by atoms with Gasteiger partial charge in [0.05, 0.1) is 18.5 Å². The third-order valence-electron chi connectivity index (χ3n) is 4.60. The van der Waals surface area contributed by atoms with E-state index in [1.165, 1.54) is 11.2 Å². The lowest BCUT2D eigenvalue weighted by molar-refractivity contribution is -0.127. The van der Waals surface area contributed by atoms with Gasteiger partial charge in [-0.25, -0.2) is 0 Å².